The molecule has 1 atom stereocenters. The number of nitrogens with one attached hydrogen (secondary N) is 3. The van der Waals surface area contributed by atoms with Gasteiger partial charge in [-0.1, -0.05) is 41.4 Å². The minimum atomic E-state index is -0.724. The van der Waals surface area contributed by atoms with E-state index in [1.165, 1.54) is 0 Å². The largest absolute Gasteiger partial charge is 0.492 e. The van der Waals surface area contributed by atoms with Gasteiger partial charge in [0.2, 0.25) is 0 Å². The van der Waals surface area contributed by atoms with Crippen LogP contribution in [0.15, 0.2) is 53.7 Å². The number of carbonyl (C=O) groups excluding carboxylic acids is 2. The Morgan fingerprint density at radius 3 is 2.68 bits per heavy atom. The molecule has 0 saturated carbocycles. The van der Waals surface area contributed by atoms with Crippen LogP contribution >= 0.6 is 23.2 Å². The fourth-order valence-electron chi connectivity index (χ4n) is 3.00. The number of allylic oxidation sites excluding steroid dienone is 1. The number of halogens is 2. The van der Waals surface area contributed by atoms with Crippen molar-refractivity contribution >= 4 is 40.8 Å². The lowest BCUT2D eigenvalue weighted by Crippen LogP contribution is -2.46. The average molecular weight is 420 g/mol. The monoisotopic (exact) mass is 419 g/mol. The van der Waals surface area contributed by atoms with Crippen molar-refractivity contribution in [1.82, 2.24) is 10.6 Å². The third-order valence-electron chi connectivity index (χ3n) is 4.22. The molecule has 3 amide bonds. The lowest BCUT2D eigenvalue weighted by atomic mass is 9.94. The Morgan fingerprint density at radius 2 is 1.96 bits per heavy atom. The van der Waals surface area contributed by atoms with Gasteiger partial charge in [0.25, 0.3) is 5.91 Å². The normalized spacial score (nSPS) is 16.3. The SMILES string of the molecule is CCOc1ccccc1NC(=O)C1=C(C)NC(=O)N[C@@H]1c1ccc(Cl)cc1Cl. The quantitative estimate of drug-likeness (QED) is 0.659. The van der Waals surface area contributed by atoms with Crippen molar-refractivity contribution in [1.29, 1.82) is 0 Å². The van der Waals surface area contributed by atoms with Crippen molar-refractivity contribution in [3.63, 3.8) is 0 Å². The summed E-state index contributed by atoms with van der Waals surface area (Å²) in [6.45, 7) is 4.00. The highest BCUT2D eigenvalue weighted by Gasteiger charge is 2.32. The fraction of sp³-hybridized carbons (Fsp3) is 0.200. The Kier molecular flexibility index (Phi) is 6.11. The maximum atomic E-state index is 13.1. The van der Waals surface area contributed by atoms with Gasteiger partial charge in [-0.25, -0.2) is 4.79 Å². The summed E-state index contributed by atoms with van der Waals surface area (Å²) in [5, 5.41) is 9.06. The third-order valence-corrected chi connectivity index (χ3v) is 4.78. The van der Waals surface area contributed by atoms with Crippen LogP contribution in [0.25, 0.3) is 0 Å². The summed E-state index contributed by atoms with van der Waals surface area (Å²) >= 11 is 12.3. The Hall–Kier alpha value is -2.70. The minimum absolute atomic E-state index is 0.343. The molecule has 2 aromatic carbocycles. The first-order chi connectivity index (χ1) is 13.4. The van der Waals surface area contributed by atoms with Crippen LogP contribution in [0.1, 0.15) is 25.5 Å². The molecule has 146 valence electrons. The molecule has 2 aromatic rings. The number of ether oxygens (including phenoxy) is 1. The average Bonchev–Trinajstić information content (AvgIpc) is 2.62. The third kappa shape index (κ3) is 4.24. The molecule has 0 aromatic heterocycles. The lowest BCUT2D eigenvalue weighted by molar-refractivity contribution is -0.113. The van der Waals surface area contributed by atoms with Gasteiger partial charge < -0.3 is 20.7 Å². The zero-order valence-electron chi connectivity index (χ0n) is 15.3. The molecule has 0 bridgehead atoms. The molecule has 3 rings (SSSR count). The van der Waals surface area contributed by atoms with Crippen LogP contribution in [0.3, 0.4) is 0 Å². The first kappa shape index (κ1) is 20.0. The first-order valence-corrected chi connectivity index (χ1v) is 9.42. The van der Waals surface area contributed by atoms with E-state index in [0.717, 1.165) is 0 Å². The second-order valence-corrected chi connectivity index (χ2v) is 6.96. The maximum Gasteiger partial charge on any atom is 0.319 e. The zero-order valence-corrected chi connectivity index (χ0v) is 16.8. The molecular formula is C20H19Cl2N3O3. The van der Waals surface area contributed by atoms with Gasteiger partial charge in [0, 0.05) is 15.7 Å². The summed E-state index contributed by atoms with van der Waals surface area (Å²) in [4.78, 5) is 25.1. The zero-order chi connectivity index (χ0) is 20.3. The predicted octanol–water partition coefficient (Wildman–Crippen LogP) is 4.66. The van der Waals surface area contributed by atoms with E-state index in [4.69, 9.17) is 27.9 Å². The van der Waals surface area contributed by atoms with E-state index in [-0.39, 0.29) is 5.91 Å². The molecule has 1 heterocycles. The van der Waals surface area contributed by atoms with Gasteiger partial charge in [0.1, 0.15) is 5.75 Å². The number of carbonyl (C=O) groups is 2. The molecule has 0 aliphatic carbocycles. The Labute approximate surface area is 172 Å². The number of benzene rings is 2. The van der Waals surface area contributed by atoms with Crippen molar-refractivity contribution in [2.24, 2.45) is 0 Å². The molecule has 0 spiro atoms. The molecule has 0 unspecified atom stereocenters. The first-order valence-electron chi connectivity index (χ1n) is 8.67. The molecule has 1 aliphatic rings. The van der Waals surface area contributed by atoms with E-state index in [9.17, 15) is 9.59 Å². The molecular weight excluding hydrogens is 401 g/mol. The van der Waals surface area contributed by atoms with E-state index < -0.39 is 12.1 Å². The number of urea groups is 1. The molecule has 3 N–H and O–H groups in total. The van der Waals surface area contributed by atoms with E-state index in [1.807, 2.05) is 13.0 Å². The van der Waals surface area contributed by atoms with E-state index >= 15 is 0 Å². The van der Waals surface area contributed by atoms with Crippen LogP contribution in [0, 0.1) is 0 Å². The summed E-state index contributed by atoms with van der Waals surface area (Å²) in [6, 6.07) is 10.9. The van der Waals surface area contributed by atoms with E-state index in [0.29, 0.717) is 44.9 Å². The maximum absolute atomic E-state index is 13.1. The summed E-state index contributed by atoms with van der Waals surface area (Å²) in [6.07, 6.45) is 0. The van der Waals surface area contributed by atoms with Crippen molar-refractivity contribution in [2.45, 2.75) is 19.9 Å². The summed E-state index contributed by atoms with van der Waals surface area (Å²) in [5.41, 5.74) is 1.89. The molecule has 6 nitrogen and oxygen atoms in total. The van der Waals surface area contributed by atoms with Crippen molar-refractivity contribution in [3.05, 3.63) is 69.3 Å². The van der Waals surface area contributed by atoms with Gasteiger partial charge >= 0.3 is 6.03 Å². The number of rotatable bonds is 5. The van der Waals surface area contributed by atoms with Crippen LogP contribution in [-0.4, -0.2) is 18.5 Å². The van der Waals surface area contributed by atoms with Gasteiger partial charge in [0.05, 0.1) is 23.9 Å². The van der Waals surface area contributed by atoms with E-state index in [1.54, 1.807) is 43.3 Å². The lowest BCUT2D eigenvalue weighted by Gasteiger charge is -2.29. The summed E-state index contributed by atoms with van der Waals surface area (Å²) < 4.78 is 5.56. The smallest absolute Gasteiger partial charge is 0.319 e. The highest BCUT2D eigenvalue weighted by Crippen LogP contribution is 2.34. The number of anilines is 1. The van der Waals surface area contributed by atoms with Gasteiger partial charge in [-0.05, 0) is 43.7 Å². The van der Waals surface area contributed by atoms with Crippen molar-refractivity contribution in [3.8, 4) is 5.75 Å². The number of para-hydroxylation sites is 2. The van der Waals surface area contributed by atoms with Gasteiger partial charge in [-0.15, -0.1) is 0 Å². The van der Waals surface area contributed by atoms with Crippen molar-refractivity contribution < 1.29 is 14.3 Å². The van der Waals surface area contributed by atoms with Crippen LogP contribution in [0.4, 0.5) is 10.5 Å². The van der Waals surface area contributed by atoms with Crippen LogP contribution in [-0.2, 0) is 4.79 Å². The molecule has 8 heteroatoms. The highest BCUT2D eigenvalue weighted by molar-refractivity contribution is 6.35. The number of hydrogen-bond donors (Lipinski definition) is 3. The summed E-state index contributed by atoms with van der Waals surface area (Å²) in [5.74, 6) is 0.179. The molecule has 1 aliphatic heterocycles. The highest BCUT2D eigenvalue weighted by atomic mass is 35.5. The van der Waals surface area contributed by atoms with Gasteiger partial charge in [-0.3, -0.25) is 4.79 Å². The minimum Gasteiger partial charge on any atom is -0.492 e. The Bertz CT molecular complexity index is 959. The van der Waals surface area contributed by atoms with Gasteiger partial charge in [0.15, 0.2) is 0 Å². The standard InChI is InChI=1S/C20H19Cl2N3O3/c1-3-28-16-7-5-4-6-15(16)24-19(26)17-11(2)23-20(27)25-18(17)13-9-8-12(21)10-14(13)22/h4-10,18H,3H2,1-2H3,(H,24,26)(H2,23,25,27)/t18-/m1/s1. The number of hydrogen-bond acceptors (Lipinski definition) is 3. The second-order valence-electron chi connectivity index (χ2n) is 6.12. The number of amides is 3. The Balaban J connectivity index is 1.98. The van der Waals surface area contributed by atoms with Gasteiger partial charge in [-0.2, -0.15) is 0 Å². The van der Waals surface area contributed by atoms with Crippen LogP contribution in [0.5, 0.6) is 5.75 Å². The predicted molar refractivity (Wildman–Crippen MR) is 110 cm³/mol. The molecule has 0 radical (unpaired) electrons. The van der Waals surface area contributed by atoms with Crippen molar-refractivity contribution in [2.75, 3.05) is 11.9 Å². The molecule has 28 heavy (non-hydrogen) atoms. The second kappa shape index (κ2) is 8.54. The molecule has 0 saturated heterocycles. The Morgan fingerprint density at radius 1 is 1.21 bits per heavy atom. The van der Waals surface area contributed by atoms with Crippen LogP contribution in [0.2, 0.25) is 10.0 Å². The summed E-state index contributed by atoms with van der Waals surface area (Å²) in [7, 11) is 0. The fourth-order valence-corrected chi connectivity index (χ4v) is 3.52. The topological polar surface area (TPSA) is 79.5 Å². The van der Waals surface area contributed by atoms with E-state index in [2.05, 4.69) is 16.0 Å². The molecule has 0 fully saturated rings. The van der Waals surface area contributed by atoms with Crippen LogP contribution < -0.4 is 20.7 Å².